The molecule has 1 unspecified atom stereocenters. The van der Waals surface area contributed by atoms with E-state index in [-0.39, 0.29) is 17.2 Å². The van der Waals surface area contributed by atoms with Crippen LogP contribution in [0.5, 0.6) is 0 Å². The van der Waals surface area contributed by atoms with Gasteiger partial charge in [0.1, 0.15) is 0 Å². The summed E-state index contributed by atoms with van der Waals surface area (Å²) in [6, 6.07) is 0.311. The second-order valence-electron chi connectivity index (χ2n) is 7.94. The van der Waals surface area contributed by atoms with Gasteiger partial charge >= 0.3 is 0 Å². The van der Waals surface area contributed by atoms with Gasteiger partial charge in [-0.2, -0.15) is 0 Å². The molecule has 0 aromatic rings. The summed E-state index contributed by atoms with van der Waals surface area (Å²) < 4.78 is 0. The fourth-order valence-corrected chi connectivity index (χ4v) is 3.62. The van der Waals surface area contributed by atoms with Gasteiger partial charge in [0.25, 0.3) is 0 Å². The molecular weight excluding hydrogens is 264 g/mol. The third-order valence-electron chi connectivity index (χ3n) is 4.62. The van der Waals surface area contributed by atoms with E-state index in [4.69, 9.17) is 0 Å². The summed E-state index contributed by atoms with van der Waals surface area (Å²) in [5.74, 6) is 0. The zero-order chi connectivity index (χ0) is 16.1. The average molecular weight is 299 g/mol. The van der Waals surface area contributed by atoms with Crippen molar-refractivity contribution < 1.29 is 10.3 Å². The minimum Gasteiger partial charge on any atom is -0.392 e. The zero-order valence-electron chi connectivity index (χ0n) is 14.6. The van der Waals surface area contributed by atoms with Crippen molar-refractivity contribution in [1.82, 2.24) is 10.4 Å². The molecule has 1 atom stereocenters. The molecule has 0 spiro atoms. The van der Waals surface area contributed by atoms with Gasteiger partial charge < -0.3 is 10.4 Å². The molecule has 4 heteroatoms. The number of nitrogens with zero attached hydrogens (tertiary/aromatic N) is 1. The Morgan fingerprint density at radius 3 is 2.24 bits per heavy atom. The highest BCUT2D eigenvalue weighted by atomic mass is 16.5. The highest BCUT2D eigenvalue weighted by Crippen LogP contribution is 2.36. The lowest BCUT2D eigenvalue weighted by Gasteiger charge is -2.50. The van der Waals surface area contributed by atoms with Crippen molar-refractivity contribution in [2.75, 3.05) is 6.54 Å². The lowest BCUT2D eigenvalue weighted by Crippen LogP contribution is -2.62. The van der Waals surface area contributed by atoms with E-state index in [2.05, 4.69) is 12.2 Å². The third kappa shape index (κ3) is 5.85. The molecule has 1 aliphatic rings. The van der Waals surface area contributed by atoms with Crippen molar-refractivity contribution in [2.45, 2.75) is 103 Å². The molecule has 4 nitrogen and oxygen atoms in total. The molecule has 125 valence electrons. The highest BCUT2D eigenvalue weighted by Gasteiger charge is 2.45. The van der Waals surface area contributed by atoms with E-state index >= 15 is 0 Å². The molecule has 1 fully saturated rings. The molecule has 0 saturated carbocycles. The minimum atomic E-state index is -0.342. The largest absolute Gasteiger partial charge is 0.392 e. The fraction of sp³-hybridized carbons (Fsp3) is 1.00. The van der Waals surface area contributed by atoms with Crippen LogP contribution >= 0.6 is 0 Å². The van der Waals surface area contributed by atoms with Crippen molar-refractivity contribution in [3.05, 3.63) is 0 Å². The van der Waals surface area contributed by atoms with Gasteiger partial charge in [0.05, 0.1) is 6.10 Å². The van der Waals surface area contributed by atoms with Gasteiger partial charge in [0, 0.05) is 23.7 Å². The maximum absolute atomic E-state index is 12.3. The van der Waals surface area contributed by atoms with Crippen LogP contribution in [0.3, 0.4) is 0 Å². The number of unbranched alkanes of at least 4 members (excludes halogenated alkanes) is 3. The van der Waals surface area contributed by atoms with E-state index in [0.29, 0.717) is 12.6 Å². The average Bonchev–Trinajstić information content (AvgIpc) is 2.38. The number of piperidine rings is 1. The molecule has 1 radical (unpaired) electrons. The molecular formula is C17H35N2O2. The first-order valence-corrected chi connectivity index (χ1v) is 8.58. The lowest BCUT2D eigenvalue weighted by atomic mass is 9.79. The van der Waals surface area contributed by atoms with Crippen LogP contribution in [0.1, 0.15) is 79.6 Å². The Kier molecular flexibility index (Phi) is 7.11. The first-order chi connectivity index (χ1) is 9.69. The highest BCUT2D eigenvalue weighted by molar-refractivity contribution is 4.98. The molecule has 1 saturated heterocycles. The summed E-state index contributed by atoms with van der Waals surface area (Å²) in [6.07, 6.45) is 7.08. The molecule has 0 aromatic carbocycles. The van der Waals surface area contributed by atoms with E-state index in [9.17, 15) is 10.3 Å². The molecule has 0 bridgehead atoms. The lowest BCUT2D eigenvalue weighted by molar-refractivity contribution is -0.290. The van der Waals surface area contributed by atoms with Crippen molar-refractivity contribution in [2.24, 2.45) is 0 Å². The van der Waals surface area contributed by atoms with E-state index in [0.717, 1.165) is 25.7 Å². The van der Waals surface area contributed by atoms with Crippen molar-refractivity contribution in [3.8, 4) is 0 Å². The van der Waals surface area contributed by atoms with Crippen LogP contribution in [-0.2, 0) is 5.21 Å². The third-order valence-corrected chi connectivity index (χ3v) is 4.62. The quantitative estimate of drug-likeness (QED) is 0.676. The minimum absolute atomic E-state index is 0.265. The number of hydrogen-bond donors (Lipinski definition) is 2. The number of rotatable bonds is 8. The van der Waals surface area contributed by atoms with Gasteiger partial charge in [0.15, 0.2) is 0 Å². The van der Waals surface area contributed by atoms with Gasteiger partial charge in [-0.25, -0.2) is 0 Å². The molecule has 1 aliphatic heterocycles. The Hall–Kier alpha value is -0.160. The summed E-state index contributed by atoms with van der Waals surface area (Å²) in [4.78, 5) is 0. The number of aliphatic hydroxyl groups excluding tert-OH is 1. The molecule has 21 heavy (non-hydrogen) atoms. The van der Waals surface area contributed by atoms with E-state index in [1.165, 1.54) is 24.3 Å². The summed E-state index contributed by atoms with van der Waals surface area (Å²) in [5, 5.41) is 27.1. The molecule has 2 N–H and O–H groups in total. The number of nitrogens with one attached hydrogen (secondary N) is 1. The second kappa shape index (κ2) is 7.91. The van der Waals surface area contributed by atoms with Gasteiger partial charge in [-0.1, -0.05) is 32.6 Å². The maximum Gasteiger partial charge on any atom is 0.0664 e. The number of aliphatic hydroxyl groups is 1. The Morgan fingerprint density at radius 2 is 1.71 bits per heavy atom. The van der Waals surface area contributed by atoms with Gasteiger partial charge in [-0.15, -0.1) is 10.3 Å². The van der Waals surface area contributed by atoms with Crippen LogP contribution < -0.4 is 5.32 Å². The Labute approximate surface area is 130 Å². The first-order valence-electron chi connectivity index (χ1n) is 8.58. The SMILES string of the molecule is CCCCCCC(O)CNC1CC(C)(C)N([O])C(C)(C)C1. The summed E-state index contributed by atoms with van der Waals surface area (Å²) in [7, 11) is 0. The summed E-state index contributed by atoms with van der Waals surface area (Å²) >= 11 is 0. The van der Waals surface area contributed by atoms with Crippen LogP contribution in [0.2, 0.25) is 0 Å². The molecule has 1 rings (SSSR count). The van der Waals surface area contributed by atoms with Crippen LogP contribution in [0.25, 0.3) is 0 Å². The van der Waals surface area contributed by atoms with Crippen LogP contribution in [0, 0.1) is 0 Å². The monoisotopic (exact) mass is 299 g/mol. The molecule has 0 aliphatic carbocycles. The molecule has 1 heterocycles. The fourth-order valence-electron chi connectivity index (χ4n) is 3.62. The topological polar surface area (TPSA) is 55.4 Å². The Morgan fingerprint density at radius 1 is 1.14 bits per heavy atom. The van der Waals surface area contributed by atoms with Crippen LogP contribution in [0.15, 0.2) is 0 Å². The summed E-state index contributed by atoms with van der Waals surface area (Å²) in [6.45, 7) is 10.9. The Bertz CT molecular complexity index is 287. The zero-order valence-corrected chi connectivity index (χ0v) is 14.6. The van der Waals surface area contributed by atoms with E-state index in [1.807, 2.05) is 27.7 Å². The van der Waals surface area contributed by atoms with Gasteiger partial charge in [-0.05, 0) is 47.0 Å². The summed E-state index contributed by atoms with van der Waals surface area (Å²) in [5.41, 5.74) is -0.684. The standard InChI is InChI=1S/C17H35N2O2/c1-6-7-8-9-10-15(20)13-18-14-11-16(2,3)19(21)17(4,5)12-14/h14-15,18,20H,6-13H2,1-5H3. The maximum atomic E-state index is 12.3. The molecule has 0 aromatic heterocycles. The normalized spacial score (nSPS) is 24.1. The molecule has 0 amide bonds. The van der Waals surface area contributed by atoms with E-state index in [1.54, 1.807) is 0 Å². The van der Waals surface area contributed by atoms with Crippen molar-refractivity contribution >= 4 is 0 Å². The number of hydrogen-bond acceptors (Lipinski definition) is 3. The number of hydroxylamine groups is 2. The van der Waals surface area contributed by atoms with Crippen molar-refractivity contribution in [3.63, 3.8) is 0 Å². The van der Waals surface area contributed by atoms with Crippen LogP contribution in [-0.4, -0.2) is 39.9 Å². The predicted molar refractivity (Wildman–Crippen MR) is 86.5 cm³/mol. The smallest absolute Gasteiger partial charge is 0.0664 e. The predicted octanol–water partition coefficient (Wildman–Crippen LogP) is 3.27. The first kappa shape index (κ1) is 18.9. The second-order valence-corrected chi connectivity index (χ2v) is 7.94. The van der Waals surface area contributed by atoms with Gasteiger partial charge in [-0.3, -0.25) is 0 Å². The Balaban J connectivity index is 2.35. The van der Waals surface area contributed by atoms with E-state index < -0.39 is 0 Å². The van der Waals surface area contributed by atoms with Gasteiger partial charge in [0.2, 0.25) is 0 Å². The van der Waals surface area contributed by atoms with Crippen molar-refractivity contribution in [1.29, 1.82) is 0 Å². The van der Waals surface area contributed by atoms with Crippen LogP contribution in [0.4, 0.5) is 0 Å².